The van der Waals surface area contributed by atoms with Crippen LogP contribution in [-0.2, 0) is 12.8 Å². The van der Waals surface area contributed by atoms with E-state index in [2.05, 4.69) is 16.0 Å². The third-order valence-electron chi connectivity index (χ3n) is 3.49. The molecule has 1 aliphatic rings. The number of hydrogen-bond acceptors (Lipinski definition) is 3. The summed E-state index contributed by atoms with van der Waals surface area (Å²) in [5.74, 6) is 0. The highest BCUT2D eigenvalue weighted by atomic mass is 35.5. The quantitative estimate of drug-likeness (QED) is 0.744. The lowest BCUT2D eigenvalue weighted by molar-refractivity contribution is 0.669. The van der Waals surface area contributed by atoms with Crippen molar-refractivity contribution in [3.63, 3.8) is 0 Å². The van der Waals surface area contributed by atoms with Crippen LogP contribution in [0, 0.1) is 11.3 Å². The van der Waals surface area contributed by atoms with Crippen LogP contribution in [0.2, 0.25) is 5.15 Å². The number of fused-ring (bicyclic) bond motifs is 1. The van der Waals surface area contributed by atoms with E-state index in [1.54, 1.807) is 12.4 Å². The number of aromatic nitrogens is 2. The molecule has 94 valence electrons. The first-order valence-electron chi connectivity index (χ1n) is 6.33. The number of nitrogens with zero attached hydrogens (tertiary/aromatic N) is 3. The summed E-state index contributed by atoms with van der Waals surface area (Å²) >= 11 is 6.16. The maximum absolute atomic E-state index is 9.37. The second-order valence-corrected chi connectivity index (χ2v) is 5.00. The predicted molar refractivity (Wildman–Crippen MR) is 73.8 cm³/mol. The Kier molecular flexibility index (Phi) is 3.18. The van der Waals surface area contributed by atoms with Crippen molar-refractivity contribution >= 4 is 11.6 Å². The van der Waals surface area contributed by atoms with Crippen molar-refractivity contribution in [2.45, 2.75) is 25.7 Å². The SMILES string of the molecule is N#Cc1c(Cl)nc2c(c1-c1cccnc1)CCCC2. The van der Waals surface area contributed by atoms with Gasteiger partial charge in [0.15, 0.2) is 0 Å². The van der Waals surface area contributed by atoms with Crippen molar-refractivity contribution in [1.29, 1.82) is 5.26 Å². The van der Waals surface area contributed by atoms with Crippen LogP contribution in [0.4, 0.5) is 0 Å². The highest BCUT2D eigenvalue weighted by Gasteiger charge is 2.22. The van der Waals surface area contributed by atoms with Crippen LogP contribution in [0.15, 0.2) is 24.5 Å². The van der Waals surface area contributed by atoms with Gasteiger partial charge in [0.25, 0.3) is 0 Å². The Morgan fingerprint density at radius 2 is 2.11 bits per heavy atom. The van der Waals surface area contributed by atoms with Gasteiger partial charge in [-0.15, -0.1) is 0 Å². The van der Waals surface area contributed by atoms with E-state index in [1.807, 2.05) is 12.1 Å². The van der Waals surface area contributed by atoms with Crippen molar-refractivity contribution in [3.8, 4) is 17.2 Å². The summed E-state index contributed by atoms with van der Waals surface area (Å²) in [7, 11) is 0. The summed E-state index contributed by atoms with van der Waals surface area (Å²) in [6.45, 7) is 0. The predicted octanol–water partition coefficient (Wildman–Crippen LogP) is 3.55. The molecule has 0 radical (unpaired) electrons. The van der Waals surface area contributed by atoms with Gasteiger partial charge >= 0.3 is 0 Å². The van der Waals surface area contributed by atoms with E-state index in [0.717, 1.165) is 42.5 Å². The molecule has 2 aromatic heterocycles. The van der Waals surface area contributed by atoms with Gasteiger partial charge in [-0.05, 0) is 37.3 Å². The van der Waals surface area contributed by atoms with E-state index in [4.69, 9.17) is 11.6 Å². The van der Waals surface area contributed by atoms with Gasteiger partial charge in [-0.3, -0.25) is 4.98 Å². The molecule has 0 spiro atoms. The zero-order valence-electron chi connectivity index (χ0n) is 10.4. The minimum absolute atomic E-state index is 0.307. The molecule has 1 aliphatic carbocycles. The summed E-state index contributed by atoms with van der Waals surface area (Å²) < 4.78 is 0. The zero-order chi connectivity index (χ0) is 13.2. The number of hydrogen-bond donors (Lipinski definition) is 0. The van der Waals surface area contributed by atoms with Crippen LogP contribution in [0.25, 0.3) is 11.1 Å². The fourth-order valence-electron chi connectivity index (χ4n) is 2.64. The molecular weight excluding hydrogens is 258 g/mol. The minimum atomic E-state index is 0.307. The fourth-order valence-corrected chi connectivity index (χ4v) is 2.88. The average Bonchev–Trinajstić information content (AvgIpc) is 2.46. The topological polar surface area (TPSA) is 49.6 Å². The Bertz CT molecular complexity index is 659. The second kappa shape index (κ2) is 4.99. The fraction of sp³-hybridized carbons (Fsp3) is 0.267. The summed E-state index contributed by atoms with van der Waals surface area (Å²) in [5.41, 5.74) is 4.54. The van der Waals surface area contributed by atoms with Gasteiger partial charge in [-0.2, -0.15) is 5.26 Å². The van der Waals surface area contributed by atoms with Gasteiger partial charge in [0.05, 0.1) is 5.56 Å². The molecule has 0 aromatic carbocycles. The number of nitriles is 1. The van der Waals surface area contributed by atoms with Crippen LogP contribution in [0.1, 0.15) is 29.7 Å². The molecule has 2 heterocycles. The van der Waals surface area contributed by atoms with E-state index >= 15 is 0 Å². The molecular formula is C15H12ClN3. The summed E-state index contributed by atoms with van der Waals surface area (Å²) in [4.78, 5) is 8.54. The Morgan fingerprint density at radius 3 is 2.84 bits per heavy atom. The number of aryl methyl sites for hydroxylation is 1. The monoisotopic (exact) mass is 269 g/mol. The molecule has 0 aliphatic heterocycles. The third-order valence-corrected chi connectivity index (χ3v) is 3.77. The molecule has 0 saturated carbocycles. The largest absolute Gasteiger partial charge is 0.264 e. The van der Waals surface area contributed by atoms with Gasteiger partial charge in [-0.1, -0.05) is 17.7 Å². The van der Waals surface area contributed by atoms with Crippen molar-refractivity contribution < 1.29 is 0 Å². The van der Waals surface area contributed by atoms with Crippen molar-refractivity contribution in [1.82, 2.24) is 9.97 Å². The highest BCUT2D eigenvalue weighted by molar-refractivity contribution is 6.31. The van der Waals surface area contributed by atoms with Crippen LogP contribution in [0.5, 0.6) is 0 Å². The molecule has 0 N–H and O–H groups in total. The smallest absolute Gasteiger partial charge is 0.147 e. The summed E-state index contributed by atoms with van der Waals surface area (Å²) in [6.07, 6.45) is 7.67. The molecule has 19 heavy (non-hydrogen) atoms. The molecule has 0 fully saturated rings. The van der Waals surface area contributed by atoms with Crippen LogP contribution >= 0.6 is 11.6 Å². The van der Waals surface area contributed by atoms with Gasteiger partial charge < -0.3 is 0 Å². The van der Waals surface area contributed by atoms with Crippen LogP contribution < -0.4 is 0 Å². The number of rotatable bonds is 1. The Balaban J connectivity index is 2.32. The number of pyridine rings is 2. The first-order valence-corrected chi connectivity index (χ1v) is 6.71. The van der Waals surface area contributed by atoms with Crippen LogP contribution in [-0.4, -0.2) is 9.97 Å². The van der Waals surface area contributed by atoms with E-state index < -0.39 is 0 Å². The second-order valence-electron chi connectivity index (χ2n) is 4.64. The van der Waals surface area contributed by atoms with Crippen LogP contribution in [0.3, 0.4) is 0 Å². The molecule has 3 rings (SSSR count). The minimum Gasteiger partial charge on any atom is -0.264 e. The Morgan fingerprint density at radius 1 is 1.26 bits per heavy atom. The lowest BCUT2D eigenvalue weighted by atomic mass is 9.87. The molecule has 0 bridgehead atoms. The summed E-state index contributed by atoms with van der Waals surface area (Å²) in [5, 5.41) is 9.67. The Hall–Kier alpha value is -1.92. The van der Waals surface area contributed by atoms with Gasteiger partial charge in [0, 0.05) is 29.2 Å². The van der Waals surface area contributed by atoms with E-state index in [-0.39, 0.29) is 0 Å². The lowest BCUT2D eigenvalue weighted by Gasteiger charge is -2.20. The van der Waals surface area contributed by atoms with Gasteiger partial charge in [0.2, 0.25) is 0 Å². The lowest BCUT2D eigenvalue weighted by Crippen LogP contribution is -2.09. The molecule has 3 nitrogen and oxygen atoms in total. The molecule has 2 aromatic rings. The first kappa shape index (κ1) is 12.1. The standard InChI is InChI=1S/C15H12ClN3/c16-15-12(8-17)14(10-4-3-7-18-9-10)11-5-1-2-6-13(11)19-15/h3-4,7,9H,1-2,5-6H2. The zero-order valence-corrected chi connectivity index (χ0v) is 11.1. The number of halogens is 1. The van der Waals surface area contributed by atoms with E-state index in [1.165, 1.54) is 5.56 Å². The average molecular weight is 270 g/mol. The molecule has 0 saturated heterocycles. The van der Waals surface area contributed by atoms with E-state index in [0.29, 0.717) is 10.7 Å². The maximum atomic E-state index is 9.37. The molecule has 4 heteroatoms. The maximum Gasteiger partial charge on any atom is 0.147 e. The third kappa shape index (κ3) is 2.09. The van der Waals surface area contributed by atoms with Gasteiger partial charge in [-0.25, -0.2) is 4.98 Å². The first-order chi connectivity index (χ1) is 9.31. The van der Waals surface area contributed by atoms with Crippen molar-refractivity contribution in [2.24, 2.45) is 0 Å². The van der Waals surface area contributed by atoms with Crippen molar-refractivity contribution in [3.05, 3.63) is 46.5 Å². The van der Waals surface area contributed by atoms with Crippen molar-refractivity contribution in [2.75, 3.05) is 0 Å². The molecule has 0 unspecified atom stereocenters. The highest BCUT2D eigenvalue weighted by Crippen LogP contribution is 2.35. The normalized spacial score (nSPS) is 13.7. The Labute approximate surface area is 116 Å². The van der Waals surface area contributed by atoms with E-state index in [9.17, 15) is 5.26 Å². The molecule has 0 amide bonds. The molecule has 0 atom stereocenters. The summed E-state index contributed by atoms with van der Waals surface area (Å²) in [6, 6.07) is 6.03. The van der Waals surface area contributed by atoms with Gasteiger partial charge in [0.1, 0.15) is 11.2 Å².